The lowest BCUT2D eigenvalue weighted by Gasteiger charge is -2.46. The number of amides is 1. The van der Waals surface area contributed by atoms with Crippen LogP contribution in [0.4, 0.5) is 5.69 Å². The van der Waals surface area contributed by atoms with Crippen molar-refractivity contribution in [2.24, 2.45) is 0 Å². The molecule has 1 fully saturated rings. The van der Waals surface area contributed by atoms with Gasteiger partial charge in [-0.1, -0.05) is 12.1 Å². The zero-order valence-corrected chi connectivity index (χ0v) is 17.9. The molecule has 4 heterocycles. The number of aromatic nitrogens is 2. The van der Waals surface area contributed by atoms with Gasteiger partial charge in [-0.15, -0.1) is 0 Å². The van der Waals surface area contributed by atoms with Crippen molar-refractivity contribution in [3.05, 3.63) is 84.3 Å². The number of nitrogens with one attached hydrogen (secondary N) is 1. The molecule has 0 unspecified atom stereocenters. The maximum absolute atomic E-state index is 13.2. The molecule has 0 aliphatic carbocycles. The van der Waals surface area contributed by atoms with Crippen molar-refractivity contribution in [2.75, 3.05) is 25.5 Å². The number of carbonyl (C=O) groups excluding carboxylic acids is 1. The first-order chi connectivity index (χ1) is 15.7. The van der Waals surface area contributed by atoms with E-state index >= 15 is 0 Å². The third kappa shape index (κ3) is 2.87. The molecule has 160 valence electrons. The minimum absolute atomic E-state index is 0.0701. The molecule has 6 rings (SSSR count). The molecule has 2 aliphatic rings. The molecule has 1 saturated heterocycles. The van der Waals surface area contributed by atoms with E-state index in [4.69, 9.17) is 4.74 Å². The van der Waals surface area contributed by atoms with Gasteiger partial charge < -0.3 is 19.5 Å². The summed E-state index contributed by atoms with van der Waals surface area (Å²) in [6.07, 6.45) is 5.55. The number of pyridine rings is 1. The third-order valence-electron chi connectivity index (χ3n) is 6.83. The fraction of sp³-hybridized carbons (Fsp3) is 0.231. The molecular weight excluding hydrogens is 400 g/mol. The number of hydrogen-bond donors (Lipinski definition) is 1. The SMILES string of the molecule is COc1ccc2c(c1)NC1(CCN(C(=O)c3ccc4cccnc4c3)CC1)c1cccn1-2. The standard InChI is InChI=1S/C26H24N4O2/c1-32-20-8-9-23-22(17-20)28-26(24-5-3-13-30(23)24)10-14-29(15-11-26)25(31)19-7-6-18-4-2-12-27-21(18)16-19/h2-9,12-13,16-17,28H,10-11,14-15H2,1H3. The molecule has 2 aliphatic heterocycles. The summed E-state index contributed by atoms with van der Waals surface area (Å²) in [6, 6.07) is 20.1. The van der Waals surface area contributed by atoms with E-state index < -0.39 is 0 Å². The Labute approximate surface area is 186 Å². The lowest BCUT2D eigenvalue weighted by Crippen LogP contribution is -2.51. The maximum Gasteiger partial charge on any atom is 0.253 e. The Hall–Kier alpha value is -3.80. The second kappa shape index (κ2) is 7.12. The molecule has 32 heavy (non-hydrogen) atoms. The first-order valence-corrected chi connectivity index (χ1v) is 11.0. The van der Waals surface area contributed by atoms with Crippen molar-refractivity contribution in [3.63, 3.8) is 0 Å². The Morgan fingerprint density at radius 3 is 2.78 bits per heavy atom. The van der Waals surface area contributed by atoms with Crippen LogP contribution in [0.3, 0.4) is 0 Å². The average molecular weight is 425 g/mol. The van der Waals surface area contributed by atoms with E-state index in [9.17, 15) is 4.79 Å². The van der Waals surface area contributed by atoms with Gasteiger partial charge in [0.25, 0.3) is 5.91 Å². The number of hydrogen-bond acceptors (Lipinski definition) is 4. The monoisotopic (exact) mass is 424 g/mol. The highest BCUT2D eigenvalue weighted by Gasteiger charge is 2.42. The summed E-state index contributed by atoms with van der Waals surface area (Å²) < 4.78 is 7.71. The highest BCUT2D eigenvalue weighted by Crippen LogP contribution is 2.44. The Balaban J connectivity index is 1.27. The highest BCUT2D eigenvalue weighted by atomic mass is 16.5. The summed E-state index contributed by atoms with van der Waals surface area (Å²) >= 11 is 0. The quantitative estimate of drug-likeness (QED) is 0.511. The fourth-order valence-corrected chi connectivity index (χ4v) is 5.11. The predicted molar refractivity (Wildman–Crippen MR) is 125 cm³/mol. The Bertz CT molecular complexity index is 1330. The number of piperidine rings is 1. The molecule has 4 aromatic rings. The highest BCUT2D eigenvalue weighted by molar-refractivity contribution is 5.97. The van der Waals surface area contributed by atoms with Crippen molar-refractivity contribution in [2.45, 2.75) is 18.4 Å². The van der Waals surface area contributed by atoms with Crippen LogP contribution in [0.15, 0.2) is 73.1 Å². The van der Waals surface area contributed by atoms with Crippen LogP contribution in [0.25, 0.3) is 16.6 Å². The van der Waals surface area contributed by atoms with Crippen molar-refractivity contribution in [1.82, 2.24) is 14.5 Å². The van der Waals surface area contributed by atoms with E-state index in [1.807, 2.05) is 41.3 Å². The van der Waals surface area contributed by atoms with Gasteiger partial charge in [0.05, 0.1) is 29.5 Å². The van der Waals surface area contributed by atoms with E-state index in [1.54, 1.807) is 13.3 Å². The summed E-state index contributed by atoms with van der Waals surface area (Å²) in [7, 11) is 1.69. The van der Waals surface area contributed by atoms with Gasteiger partial charge >= 0.3 is 0 Å². The number of ether oxygens (including phenoxy) is 1. The topological polar surface area (TPSA) is 59.4 Å². The molecule has 1 amide bonds. The van der Waals surface area contributed by atoms with Crippen molar-refractivity contribution >= 4 is 22.5 Å². The number of fused-ring (bicyclic) bond motifs is 5. The van der Waals surface area contributed by atoms with E-state index in [-0.39, 0.29) is 11.4 Å². The second-order valence-electron chi connectivity index (χ2n) is 8.56. The summed E-state index contributed by atoms with van der Waals surface area (Å²) in [5, 5.41) is 4.85. The van der Waals surface area contributed by atoms with Crippen LogP contribution in [-0.4, -0.2) is 40.6 Å². The summed E-state index contributed by atoms with van der Waals surface area (Å²) in [6.45, 7) is 1.38. The van der Waals surface area contributed by atoms with Gasteiger partial charge in [0.1, 0.15) is 5.75 Å². The van der Waals surface area contributed by atoms with Crippen molar-refractivity contribution in [3.8, 4) is 11.4 Å². The lowest BCUT2D eigenvalue weighted by molar-refractivity contribution is 0.0676. The summed E-state index contributed by atoms with van der Waals surface area (Å²) in [4.78, 5) is 19.6. The number of methoxy groups -OCH3 is 1. The molecule has 2 aromatic carbocycles. The van der Waals surface area contributed by atoms with Gasteiger partial charge in [-0.2, -0.15) is 0 Å². The van der Waals surface area contributed by atoms with E-state index in [1.165, 1.54) is 5.69 Å². The largest absolute Gasteiger partial charge is 0.497 e. The number of anilines is 1. The molecule has 6 nitrogen and oxygen atoms in total. The smallest absolute Gasteiger partial charge is 0.253 e. The maximum atomic E-state index is 13.2. The number of likely N-dealkylation sites (tertiary alicyclic amines) is 1. The zero-order chi connectivity index (χ0) is 21.7. The van der Waals surface area contributed by atoms with Crippen molar-refractivity contribution in [1.29, 1.82) is 0 Å². The number of rotatable bonds is 2. The van der Waals surface area contributed by atoms with Gasteiger partial charge in [-0.3, -0.25) is 9.78 Å². The third-order valence-corrected chi connectivity index (χ3v) is 6.83. The summed E-state index contributed by atoms with van der Waals surface area (Å²) in [5.41, 5.74) is 4.78. The zero-order valence-electron chi connectivity index (χ0n) is 17.9. The van der Waals surface area contributed by atoms with Crippen LogP contribution in [0, 0.1) is 0 Å². The first-order valence-electron chi connectivity index (χ1n) is 11.0. The Kier molecular flexibility index (Phi) is 4.21. The van der Waals surface area contributed by atoms with Gasteiger partial charge in [-0.05, 0) is 55.3 Å². The minimum Gasteiger partial charge on any atom is -0.497 e. The van der Waals surface area contributed by atoms with Gasteiger partial charge in [0.2, 0.25) is 0 Å². The Morgan fingerprint density at radius 1 is 1.06 bits per heavy atom. The fourth-order valence-electron chi connectivity index (χ4n) is 5.11. The predicted octanol–water partition coefficient (Wildman–Crippen LogP) is 4.59. The second-order valence-corrected chi connectivity index (χ2v) is 8.56. The van der Waals surface area contributed by atoms with Gasteiger partial charge in [0, 0.05) is 48.2 Å². The van der Waals surface area contributed by atoms with E-state index in [0.29, 0.717) is 18.7 Å². The Morgan fingerprint density at radius 2 is 1.94 bits per heavy atom. The lowest BCUT2D eigenvalue weighted by atomic mass is 9.82. The number of carbonyl (C=O) groups is 1. The van der Waals surface area contributed by atoms with E-state index in [2.05, 4.69) is 45.3 Å². The van der Waals surface area contributed by atoms with Crippen molar-refractivity contribution < 1.29 is 9.53 Å². The number of nitrogens with zero attached hydrogens (tertiary/aromatic N) is 3. The van der Waals surface area contributed by atoms with Gasteiger partial charge in [0.15, 0.2) is 0 Å². The van der Waals surface area contributed by atoms with Crippen LogP contribution in [0.5, 0.6) is 5.75 Å². The normalized spacial score (nSPS) is 16.3. The molecule has 1 spiro atoms. The van der Waals surface area contributed by atoms with Gasteiger partial charge in [-0.25, -0.2) is 0 Å². The molecule has 0 bridgehead atoms. The minimum atomic E-state index is -0.204. The first kappa shape index (κ1) is 18.9. The average Bonchev–Trinajstić information content (AvgIpc) is 3.35. The van der Waals surface area contributed by atoms with Crippen LogP contribution < -0.4 is 10.1 Å². The van der Waals surface area contributed by atoms with Crippen LogP contribution >= 0.6 is 0 Å². The molecule has 6 heteroatoms. The number of benzene rings is 2. The van der Waals surface area contributed by atoms with E-state index in [0.717, 1.165) is 40.9 Å². The molecule has 0 atom stereocenters. The van der Waals surface area contributed by atoms with Crippen LogP contribution in [0.1, 0.15) is 28.9 Å². The summed E-state index contributed by atoms with van der Waals surface area (Å²) in [5.74, 6) is 0.903. The molecule has 0 saturated carbocycles. The van der Waals surface area contributed by atoms with Crippen LogP contribution in [0.2, 0.25) is 0 Å². The molecule has 1 N–H and O–H groups in total. The molecule has 2 aromatic heterocycles. The molecule has 0 radical (unpaired) electrons. The van der Waals surface area contributed by atoms with Crippen LogP contribution in [-0.2, 0) is 5.54 Å². The molecular formula is C26H24N4O2.